The Kier molecular flexibility index (Phi) is 3.63. The van der Waals surface area contributed by atoms with Crippen LogP contribution in [0.25, 0.3) is 0 Å². The second-order valence-electron chi connectivity index (χ2n) is 4.56. The Balaban J connectivity index is 2.25. The first-order valence-electron chi connectivity index (χ1n) is 5.76. The standard InChI is InChI=1S/C14H14ClFO/c1-9-2-4-10(5-3-9)14(17)12-7-6-11(15)8-13(12)16/h4,6-9H,2-3,5H2,1H3. The van der Waals surface area contributed by atoms with Crippen LogP contribution in [0.4, 0.5) is 4.39 Å². The van der Waals surface area contributed by atoms with E-state index in [-0.39, 0.29) is 11.3 Å². The zero-order valence-electron chi connectivity index (χ0n) is 9.67. The molecule has 1 aromatic rings. The Morgan fingerprint density at radius 3 is 2.82 bits per heavy atom. The fourth-order valence-corrected chi connectivity index (χ4v) is 2.18. The fourth-order valence-electron chi connectivity index (χ4n) is 2.02. The third kappa shape index (κ3) is 2.75. The zero-order valence-corrected chi connectivity index (χ0v) is 10.4. The van der Waals surface area contributed by atoms with Crippen LogP contribution in [0, 0.1) is 11.7 Å². The molecule has 0 fully saturated rings. The predicted molar refractivity (Wildman–Crippen MR) is 66.8 cm³/mol. The van der Waals surface area contributed by atoms with Crippen molar-refractivity contribution in [2.24, 2.45) is 5.92 Å². The highest BCUT2D eigenvalue weighted by molar-refractivity contribution is 6.30. The van der Waals surface area contributed by atoms with Gasteiger partial charge in [-0.15, -0.1) is 0 Å². The van der Waals surface area contributed by atoms with E-state index in [0.717, 1.165) is 24.8 Å². The molecule has 1 unspecified atom stereocenters. The van der Waals surface area contributed by atoms with E-state index in [1.54, 1.807) is 6.07 Å². The van der Waals surface area contributed by atoms with Gasteiger partial charge in [-0.1, -0.05) is 24.6 Å². The minimum absolute atomic E-state index is 0.121. The summed E-state index contributed by atoms with van der Waals surface area (Å²) >= 11 is 5.66. The van der Waals surface area contributed by atoms with Gasteiger partial charge in [0.25, 0.3) is 0 Å². The number of Topliss-reactive ketones (excluding diaryl/α,β-unsaturated/α-hetero) is 1. The number of carbonyl (C=O) groups excluding carboxylic acids is 1. The number of rotatable bonds is 2. The van der Waals surface area contributed by atoms with Crippen molar-refractivity contribution in [2.45, 2.75) is 26.2 Å². The average molecular weight is 253 g/mol. The maximum Gasteiger partial charge on any atom is 0.191 e. The van der Waals surface area contributed by atoms with Crippen molar-refractivity contribution in [1.82, 2.24) is 0 Å². The quantitative estimate of drug-likeness (QED) is 0.713. The van der Waals surface area contributed by atoms with E-state index in [9.17, 15) is 9.18 Å². The van der Waals surface area contributed by atoms with Crippen LogP contribution in [0.2, 0.25) is 5.02 Å². The molecule has 0 saturated carbocycles. The van der Waals surface area contributed by atoms with Gasteiger partial charge >= 0.3 is 0 Å². The summed E-state index contributed by atoms with van der Waals surface area (Å²) in [6, 6.07) is 4.18. The van der Waals surface area contributed by atoms with E-state index < -0.39 is 5.82 Å². The molecule has 90 valence electrons. The molecular weight excluding hydrogens is 239 g/mol. The molecule has 2 rings (SSSR count). The van der Waals surface area contributed by atoms with Crippen molar-refractivity contribution in [1.29, 1.82) is 0 Å². The SMILES string of the molecule is CC1CC=C(C(=O)c2ccc(Cl)cc2F)CC1. The molecule has 0 radical (unpaired) electrons. The lowest BCUT2D eigenvalue weighted by Crippen LogP contribution is -2.11. The van der Waals surface area contributed by atoms with Gasteiger partial charge in [-0.3, -0.25) is 4.79 Å². The molecule has 1 aliphatic carbocycles. The summed E-state index contributed by atoms with van der Waals surface area (Å²) in [5.41, 5.74) is 0.847. The zero-order chi connectivity index (χ0) is 12.4. The first-order chi connectivity index (χ1) is 8.08. The lowest BCUT2D eigenvalue weighted by Gasteiger charge is -2.17. The first-order valence-corrected chi connectivity index (χ1v) is 6.14. The van der Waals surface area contributed by atoms with E-state index in [2.05, 4.69) is 6.92 Å². The van der Waals surface area contributed by atoms with Crippen molar-refractivity contribution in [3.8, 4) is 0 Å². The van der Waals surface area contributed by atoms with Gasteiger partial charge in [-0.2, -0.15) is 0 Å². The molecule has 0 N–H and O–H groups in total. The average Bonchev–Trinajstić information content (AvgIpc) is 2.29. The summed E-state index contributed by atoms with van der Waals surface area (Å²) in [7, 11) is 0. The number of hydrogen-bond donors (Lipinski definition) is 0. The third-order valence-corrected chi connectivity index (χ3v) is 3.38. The van der Waals surface area contributed by atoms with Crippen LogP contribution in [0.1, 0.15) is 36.5 Å². The van der Waals surface area contributed by atoms with Gasteiger partial charge in [-0.25, -0.2) is 4.39 Å². The maximum absolute atomic E-state index is 13.6. The van der Waals surface area contributed by atoms with Gasteiger partial charge < -0.3 is 0 Å². The van der Waals surface area contributed by atoms with Crippen molar-refractivity contribution in [2.75, 3.05) is 0 Å². The van der Waals surface area contributed by atoms with Crippen molar-refractivity contribution < 1.29 is 9.18 Å². The van der Waals surface area contributed by atoms with Crippen molar-refractivity contribution in [3.05, 3.63) is 46.3 Å². The van der Waals surface area contributed by atoms with Gasteiger partial charge in [0.1, 0.15) is 5.82 Å². The number of halogens is 2. The van der Waals surface area contributed by atoms with Gasteiger partial charge in [0.15, 0.2) is 5.78 Å². The maximum atomic E-state index is 13.6. The number of carbonyl (C=O) groups is 1. The molecule has 0 aromatic heterocycles. The van der Waals surface area contributed by atoms with E-state index in [4.69, 9.17) is 11.6 Å². The minimum atomic E-state index is -0.540. The minimum Gasteiger partial charge on any atom is -0.289 e. The van der Waals surface area contributed by atoms with Crippen LogP contribution < -0.4 is 0 Å². The third-order valence-electron chi connectivity index (χ3n) is 3.14. The van der Waals surface area contributed by atoms with Gasteiger partial charge in [0.05, 0.1) is 5.56 Å². The molecule has 0 spiro atoms. The van der Waals surface area contributed by atoms with Crippen LogP contribution >= 0.6 is 11.6 Å². The molecule has 1 aromatic carbocycles. The molecule has 17 heavy (non-hydrogen) atoms. The lowest BCUT2D eigenvalue weighted by molar-refractivity contribution is 0.102. The highest BCUT2D eigenvalue weighted by Crippen LogP contribution is 2.26. The van der Waals surface area contributed by atoms with E-state index >= 15 is 0 Å². The van der Waals surface area contributed by atoms with Crippen LogP contribution in [0.3, 0.4) is 0 Å². The second-order valence-corrected chi connectivity index (χ2v) is 5.00. The Labute approximate surface area is 105 Å². The van der Waals surface area contributed by atoms with Crippen LogP contribution in [0.5, 0.6) is 0 Å². The van der Waals surface area contributed by atoms with Gasteiger partial charge in [-0.05, 0) is 49.0 Å². The largest absolute Gasteiger partial charge is 0.289 e. The molecule has 1 atom stereocenters. The Morgan fingerprint density at radius 2 is 2.24 bits per heavy atom. The summed E-state index contributed by atoms with van der Waals surface area (Å²) < 4.78 is 13.6. The summed E-state index contributed by atoms with van der Waals surface area (Å²) in [5.74, 6) is -0.130. The molecule has 1 aliphatic rings. The second kappa shape index (κ2) is 5.01. The lowest BCUT2D eigenvalue weighted by atomic mass is 9.87. The van der Waals surface area contributed by atoms with Gasteiger partial charge in [0.2, 0.25) is 0 Å². The summed E-state index contributed by atoms with van der Waals surface area (Å²) in [6.45, 7) is 2.15. The molecule has 0 bridgehead atoms. The number of allylic oxidation sites excluding steroid dienone is 2. The number of ketones is 1. The monoisotopic (exact) mass is 252 g/mol. The highest BCUT2D eigenvalue weighted by Gasteiger charge is 2.19. The van der Waals surface area contributed by atoms with Crippen LogP contribution in [0.15, 0.2) is 29.8 Å². The molecule has 0 aliphatic heterocycles. The van der Waals surface area contributed by atoms with Crippen molar-refractivity contribution in [3.63, 3.8) is 0 Å². The summed E-state index contributed by atoms with van der Waals surface area (Å²) in [6.07, 6.45) is 4.57. The van der Waals surface area contributed by atoms with E-state index in [0.29, 0.717) is 10.9 Å². The number of hydrogen-bond acceptors (Lipinski definition) is 1. The summed E-state index contributed by atoms with van der Waals surface area (Å²) in [4.78, 5) is 12.1. The smallest absolute Gasteiger partial charge is 0.191 e. The predicted octanol–water partition coefficient (Wildman–Crippen LogP) is 4.41. The molecule has 0 amide bonds. The topological polar surface area (TPSA) is 17.1 Å². The Morgan fingerprint density at radius 1 is 1.47 bits per heavy atom. The van der Waals surface area contributed by atoms with Gasteiger partial charge in [0, 0.05) is 5.02 Å². The molecule has 0 saturated heterocycles. The molecule has 0 heterocycles. The first kappa shape index (κ1) is 12.3. The molecule has 3 heteroatoms. The normalized spacial score (nSPS) is 19.9. The van der Waals surface area contributed by atoms with Crippen LogP contribution in [-0.4, -0.2) is 5.78 Å². The summed E-state index contributed by atoms with van der Waals surface area (Å²) in [5, 5.41) is 0.310. The highest BCUT2D eigenvalue weighted by atomic mass is 35.5. The number of benzene rings is 1. The Bertz CT molecular complexity index is 479. The van der Waals surface area contributed by atoms with Crippen LogP contribution in [-0.2, 0) is 0 Å². The van der Waals surface area contributed by atoms with E-state index in [1.807, 2.05) is 6.08 Å². The fraction of sp³-hybridized carbons (Fsp3) is 0.357. The van der Waals surface area contributed by atoms with E-state index in [1.165, 1.54) is 12.1 Å². The van der Waals surface area contributed by atoms with Crippen molar-refractivity contribution >= 4 is 17.4 Å². The Hall–Kier alpha value is -1.15. The molecule has 1 nitrogen and oxygen atoms in total. The molecular formula is C14H14ClFO.